The maximum absolute atomic E-state index is 12.0. The molecule has 0 bridgehead atoms. The lowest BCUT2D eigenvalue weighted by molar-refractivity contribution is 0.0594. The Labute approximate surface area is 108 Å². The third kappa shape index (κ3) is 2.04. The Morgan fingerprint density at radius 3 is 3.00 bits per heavy atom. The number of carboxylic acids is 1. The number of aromatic amines is 1. The number of rotatable bonds is 2. The number of aromatic nitrogens is 2. The number of H-pyrrole nitrogens is 1. The van der Waals surface area contributed by atoms with Gasteiger partial charge in [0, 0.05) is 6.61 Å². The van der Waals surface area contributed by atoms with Crippen LogP contribution in [-0.4, -0.2) is 33.8 Å². The maximum Gasteiger partial charge on any atom is 0.335 e. The Kier molecular flexibility index (Phi) is 2.87. The number of carboxylic acid groups (broad SMARTS) is 1. The molecule has 3 rings (SSSR count). The van der Waals surface area contributed by atoms with Gasteiger partial charge in [-0.2, -0.15) is 0 Å². The minimum atomic E-state index is -0.998. The summed E-state index contributed by atoms with van der Waals surface area (Å²) in [5.74, 6) is -0.998. The zero-order chi connectivity index (χ0) is 13.4. The normalized spacial score (nSPS) is 19.7. The summed E-state index contributed by atoms with van der Waals surface area (Å²) in [6, 6.07) is 4.62. The van der Waals surface area contributed by atoms with Crippen LogP contribution in [0.15, 0.2) is 23.0 Å². The van der Waals surface area contributed by atoms with Gasteiger partial charge in [0.05, 0.1) is 29.2 Å². The van der Waals surface area contributed by atoms with E-state index in [1.807, 2.05) is 0 Å². The van der Waals surface area contributed by atoms with Crippen LogP contribution in [0.2, 0.25) is 0 Å². The fraction of sp³-hybridized carbons (Fsp3) is 0.385. The smallest absolute Gasteiger partial charge is 0.335 e. The van der Waals surface area contributed by atoms with Crippen molar-refractivity contribution in [2.75, 3.05) is 13.2 Å². The number of imidazole rings is 1. The number of fused-ring (bicyclic) bond motifs is 1. The van der Waals surface area contributed by atoms with Crippen LogP contribution in [0.5, 0.6) is 0 Å². The predicted molar refractivity (Wildman–Crippen MR) is 68.6 cm³/mol. The summed E-state index contributed by atoms with van der Waals surface area (Å²) in [4.78, 5) is 25.8. The largest absolute Gasteiger partial charge is 0.478 e. The summed E-state index contributed by atoms with van der Waals surface area (Å²) < 4.78 is 7.01. The number of aromatic carboxylic acids is 1. The molecule has 2 heterocycles. The fourth-order valence-electron chi connectivity index (χ4n) is 2.54. The van der Waals surface area contributed by atoms with Gasteiger partial charge in [0.25, 0.3) is 0 Å². The number of hydrogen-bond donors (Lipinski definition) is 2. The Bertz CT molecular complexity index is 679. The van der Waals surface area contributed by atoms with Crippen LogP contribution in [0.25, 0.3) is 11.0 Å². The lowest BCUT2D eigenvalue weighted by Crippen LogP contribution is -2.28. The lowest BCUT2D eigenvalue weighted by Gasteiger charge is -2.23. The molecule has 0 radical (unpaired) electrons. The van der Waals surface area contributed by atoms with Crippen LogP contribution >= 0.6 is 0 Å². The van der Waals surface area contributed by atoms with Crippen molar-refractivity contribution in [3.05, 3.63) is 34.2 Å². The molecule has 6 nitrogen and oxygen atoms in total. The molecule has 0 spiro atoms. The van der Waals surface area contributed by atoms with E-state index in [9.17, 15) is 9.59 Å². The van der Waals surface area contributed by atoms with Crippen LogP contribution in [-0.2, 0) is 4.74 Å². The molecule has 0 aliphatic carbocycles. The number of benzene rings is 1. The van der Waals surface area contributed by atoms with E-state index in [1.54, 1.807) is 10.6 Å². The first-order valence-corrected chi connectivity index (χ1v) is 6.22. The summed E-state index contributed by atoms with van der Waals surface area (Å²) in [5.41, 5.74) is 1.24. The van der Waals surface area contributed by atoms with Crippen molar-refractivity contribution < 1.29 is 14.6 Å². The molecule has 0 amide bonds. The SMILES string of the molecule is O=C(O)c1ccc2[nH]c(=O)n(C3CCCOC3)c2c1. The zero-order valence-electron chi connectivity index (χ0n) is 10.3. The highest BCUT2D eigenvalue weighted by Crippen LogP contribution is 2.23. The van der Waals surface area contributed by atoms with E-state index in [-0.39, 0.29) is 17.3 Å². The number of nitrogens with zero attached hydrogens (tertiary/aromatic N) is 1. The van der Waals surface area contributed by atoms with Crippen LogP contribution in [0, 0.1) is 0 Å². The molecule has 1 saturated heterocycles. The van der Waals surface area contributed by atoms with Gasteiger partial charge in [-0.25, -0.2) is 9.59 Å². The first-order valence-electron chi connectivity index (χ1n) is 6.22. The number of nitrogens with one attached hydrogen (secondary N) is 1. The molecular formula is C13H14N2O4. The predicted octanol–water partition coefficient (Wildman–Crippen LogP) is 1.38. The van der Waals surface area contributed by atoms with Gasteiger partial charge in [-0.3, -0.25) is 4.57 Å². The third-order valence-electron chi connectivity index (χ3n) is 3.47. The van der Waals surface area contributed by atoms with E-state index in [4.69, 9.17) is 9.84 Å². The van der Waals surface area contributed by atoms with Crippen molar-refractivity contribution in [3.63, 3.8) is 0 Å². The summed E-state index contributed by atoms with van der Waals surface area (Å²) >= 11 is 0. The van der Waals surface area contributed by atoms with Crippen LogP contribution < -0.4 is 5.69 Å². The monoisotopic (exact) mass is 262 g/mol. The highest BCUT2D eigenvalue weighted by Gasteiger charge is 2.20. The van der Waals surface area contributed by atoms with E-state index >= 15 is 0 Å². The van der Waals surface area contributed by atoms with Gasteiger partial charge in [0.2, 0.25) is 0 Å². The van der Waals surface area contributed by atoms with Gasteiger partial charge in [0.1, 0.15) is 0 Å². The Hall–Kier alpha value is -2.08. The van der Waals surface area contributed by atoms with E-state index < -0.39 is 5.97 Å². The van der Waals surface area contributed by atoms with E-state index in [1.165, 1.54) is 12.1 Å². The van der Waals surface area contributed by atoms with Gasteiger partial charge in [-0.1, -0.05) is 0 Å². The number of hydrogen-bond acceptors (Lipinski definition) is 3. The molecule has 100 valence electrons. The molecule has 1 atom stereocenters. The summed E-state index contributed by atoms with van der Waals surface area (Å²) in [6.45, 7) is 1.21. The van der Waals surface area contributed by atoms with Crippen molar-refractivity contribution in [2.45, 2.75) is 18.9 Å². The third-order valence-corrected chi connectivity index (χ3v) is 3.47. The maximum atomic E-state index is 12.0. The average molecular weight is 262 g/mol. The average Bonchev–Trinajstić information content (AvgIpc) is 2.74. The second kappa shape index (κ2) is 4.55. The standard InChI is InChI=1S/C13H14N2O4/c16-12(17)8-3-4-10-11(6-8)15(13(18)14-10)9-2-1-5-19-7-9/h3-4,6,9H,1-2,5,7H2,(H,14,18)(H,16,17). The van der Waals surface area contributed by atoms with Crippen molar-refractivity contribution in [1.29, 1.82) is 0 Å². The van der Waals surface area contributed by atoms with Gasteiger partial charge >= 0.3 is 11.7 Å². The lowest BCUT2D eigenvalue weighted by atomic mass is 10.1. The summed E-state index contributed by atoms with van der Waals surface area (Å²) in [7, 11) is 0. The number of ether oxygens (including phenoxy) is 1. The number of carbonyl (C=O) groups is 1. The van der Waals surface area contributed by atoms with Crippen LogP contribution in [0.3, 0.4) is 0 Å². The van der Waals surface area contributed by atoms with Gasteiger partial charge < -0.3 is 14.8 Å². The molecule has 1 aromatic carbocycles. The van der Waals surface area contributed by atoms with Crippen molar-refractivity contribution >= 4 is 17.0 Å². The molecule has 0 saturated carbocycles. The van der Waals surface area contributed by atoms with Gasteiger partial charge in [-0.05, 0) is 31.0 Å². The highest BCUT2D eigenvalue weighted by atomic mass is 16.5. The minimum absolute atomic E-state index is 0.0287. The second-order valence-electron chi connectivity index (χ2n) is 4.71. The first kappa shape index (κ1) is 12.0. The minimum Gasteiger partial charge on any atom is -0.478 e. The molecule has 1 fully saturated rings. The van der Waals surface area contributed by atoms with Gasteiger partial charge in [-0.15, -0.1) is 0 Å². The van der Waals surface area contributed by atoms with Crippen LogP contribution in [0.1, 0.15) is 29.2 Å². The molecule has 1 unspecified atom stereocenters. The topological polar surface area (TPSA) is 84.3 Å². The van der Waals surface area contributed by atoms with Crippen molar-refractivity contribution in [3.8, 4) is 0 Å². The van der Waals surface area contributed by atoms with E-state index in [0.717, 1.165) is 12.8 Å². The Balaban J connectivity index is 2.16. The van der Waals surface area contributed by atoms with Crippen LogP contribution in [0.4, 0.5) is 0 Å². The molecule has 6 heteroatoms. The molecule has 2 N–H and O–H groups in total. The molecule has 2 aromatic rings. The molecule has 1 aliphatic rings. The van der Waals surface area contributed by atoms with Gasteiger partial charge in [0.15, 0.2) is 0 Å². The molecule has 1 aliphatic heterocycles. The highest BCUT2D eigenvalue weighted by molar-refractivity contribution is 5.92. The Morgan fingerprint density at radius 2 is 2.32 bits per heavy atom. The summed E-state index contributed by atoms with van der Waals surface area (Å²) in [6.07, 6.45) is 1.77. The van der Waals surface area contributed by atoms with Crippen molar-refractivity contribution in [2.24, 2.45) is 0 Å². The molecular weight excluding hydrogens is 248 g/mol. The van der Waals surface area contributed by atoms with E-state index in [0.29, 0.717) is 24.2 Å². The first-order chi connectivity index (χ1) is 9.16. The van der Waals surface area contributed by atoms with Crippen molar-refractivity contribution in [1.82, 2.24) is 9.55 Å². The Morgan fingerprint density at radius 1 is 1.47 bits per heavy atom. The summed E-state index contributed by atoms with van der Waals surface area (Å²) in [5, 5.41) is 9.03. The zero-order valence-corrected chi connectivity index (χ0v) is 10.3. The second-order valence-corrected chi connectivity index (χ2v) is 4.71. The quantitative estimate of drug-likeness (QED) is 0.856. The molecule has 1 aromatic heterocycles. The fourth-order valence-corrected chi connectivity index (χ4v) is 2.54. The molecule has 19 heavy (non-hydrogen) atoms. The van der Waals surface area contributed by atoms with E-state index in [2.05, 4.69) is 4.98 Å².